The lowest BCUT2D eigenvalue weighted by Gasteiger charge is -2.34. The summed E-state index contributed by atoms with van der Waals surface area (Å²) in [6.07, 6.45) is -1.72. The number of amides is 1. The number of rotatable bonds is 3. The molecule has 1 saturated heterocycles. The topological polar surface area (TPSA) is 77.4 Å². The minimum absolute atomic E-state index is 0. The molecule has 1 aromatic carbocycles. The van der Waals surface area contributed by atoms with Crippen LogP contribution >= 0.6 is 0 Å². The summed E-state index contributed by atoms with van der Waals surface area (Å²) in [6.45, 7) is 4.63. The van der Waals surface area contributed by atoms with Gasteiger partial charge in [0.1, 0.15) is 5.75 Å². The van der Waals surface area contributed by atoms with Gasteiger partial charge >= 0.3 is 6.36 Å². The van der Waals surface area contributed by atoms with Crippen molar-refractivity contribution < 1.29 is 22.7 Å². The number of piperidine rings is 1. The molecule has 1 unspecified atom stereocenters. The third-order valence-electron chi connectivity index (χ3n) is 4.98. The lowest BCUT2D eigenvalue weighted by Crippen LogP contribution is -2.39. The molecule has 1 atom stereocenters. The molecule has 5 nitrogen and oxygen atoms in total. The minimum Gasteiger partial charge on any atom is -0.405 e. The Balaban J connectivity index is 0.00000280. The Kier molecular flexibility index (Phi) is 6.66. The Morgan fingerprint density at radius 1 is 1.21 bits per heavy atom. The second kappa shape index (κ2) is 8.60. The number of nitrogens with zero attached hydrogens (tertiary/aromatic N) is 2. The average Bonchev–Trinajstić information content (AvgIpc) is 2.63. The SMILES string of the molecule is Cc1nccc(C(=O)N2CCCC(c3ccccc3OC(F)(F)F)C2)c1C.N. The number of aryl methyl sites for hydroxylation is 1. The van der Waals surface area contributed by atoms with Gasteiger partial charge in [0.05, 0.1) is 0 Å². The summed E-state index contributed by atoms with van der Waals surface area (Å²) in [5.41, 5.74) is 2.68. The first kappa shape index (κ1) is 21.7. The van der Waals surface area contributed by atoms with Gasteiger partial charge in [0, 0.05) is 36.5 Å². The molecule has 3 rings (SSSR count). The van der Waals surface area contributed by atoms with Crippen LogP contribution in [0.4, 0.5) is 13.2 Å². The normalized spacial score (nSPS) is 17.0. The second-order valence-electron chi connectivity index (χ2n) is 6.74. The monoisotopic (exact) mass is 395 g/mol. The number of para-hydroxylation sites is 1. The number of carbonyl (C=O) groups is 1. The molecule has 1 aromatic heterocycles. The molecule has 0 spiro atoms. The van der Waals surface area contributed by atoms with E-state index < -0.39 is 6.36 Å². The average molecular weight is 395 g/mol. The summed E-state index contributed by atoms with van der Waals surface area (Å²) in [6, 6.07) is 7.85. The van der Waals surface area contributed by atoms with Crippen molar-refractivity contribution in [3.8, 4) is 5.75 Å². The Morgan fingerprint density at radius 2 is 1.93 bits per heavy atom. The van der Waals surface area contributed by atoms with Crippen molar-refractivity contribution in [2.75, 3.05) is 13.1 Å². The fourth-order valence-corrected chi connectivity index (χ4v) is 3.49. The van der Waals surface area contributed by atoms with Crippen molar-refractivity contribution in [2.24, 2.45) is 0 Å². The van der Waals surface area contributed by atoms with Gasteiger partial charge in [-0.15, -0.1) is 13.2 Å². The van der Waals surface area contributed by atoms with Gasteiger partial charge in [0.2, 0.25) is 0 Å². The van der Waals surface area contributed by atoms with Gasteiger partial charge < -0.3 is 15.8 Å². The highest BCUT2D eigenvalue weighted by atomic mass is 19.4. The summed E-state index contributed by atoms with van der Waals surface area (Å²) in [7, 11) is 0. The Morgan fingerprint density at radius 3 is 2.64 bits per heavy atom. The lowest BCUT2D eigenvalue weighted by atomic mass is 9.89. The van der Waals surface area contributed by atoms with Crippen LogP contribution < -0.4 is 10.9 Å². The molecule has 28 heavy (non-hydrogen) atoms. The third kappa shape index (κ3) is 4.81. The quantitative estimate of drug-likeness (QED) is 0.811. The molecule has 3 N–H and O–H groups in total. The van der Waals surface area contributed by atoms with Crippen LogP contribution in [0.3, 0.4) is 0 Å². The molecular formula is C20H24F3N3O2. The lowest BCUT2D eigenvalue weighted by molar-refractivity contribution is -0.275. The van der Waals surface area contributed by atoms with Crippen molar-refractivity contribution in [3.05, 3.63) is 58.9 Å². The molecule has 0 aliphatic carbocycles. The van der Waals surface area contributed by atoms with Crippen molar-refractivity contribution in [1.29, 1.82) is 0 Å². The number of hydrogen-bond acceptors (Lipinski definition) is 4. The van der Waals surface area contributed by atoms with Crippen LogP contribution in [0.2, 0.25) is 0 Å². The molecule has 1 aliphatic rings. The van der Waals surface area contributed by atoms with Gasteiger partial charge in [-0.1, -0.05) is 18.2 Å². The maximum Gasteiger partial charge on any atom is 0.573 e. The van der Waals surface area contributed by atoms with Crippen molar-refractivity contribution in [3.63, 3.8) is 0 Å². The Labute approximate surface area is 162 Å². The standard InChI is InChI=1S/C20H21F3N2O2.H3N/c1-13-14(2)24-10-9-16(13)19(26)25-11-5-6-15(12-25)17-7-3-4-8-18(17)27-20(21,22)23;/h3-4,7-10,15H,5-6,11-12H2,1-2H3;1H3. The molecule has 1 amide bonds. The van der Waals surface area contributed by atoms with Gasteiger partial charge in [-0.05, 0) is 49.9 Å². The highest BCUT2D eigenvalue weighted by Gasteiger charge is 2.34. The number of benzene rings is 1. The molecule has 152 valence electrons. The molecule has 2 aromatic rings. The van der Waals surface area contributed by atoms with Crippen LogP contribution in [0.5, 0.6) is 5.75 Å². The van der Waals surface area contributed by atoms with Crippen molar-refractivity contribution in [2.45, 2.75) is 39.0 Å². The maximum absolute atomic E-state index is 13.0. The first-order valence-corrected chi connectivity index (χ1v) is 8.82. The number of likely N-dealkylation sites (tertiary alicyclic amines) is 1. The molecule has 0 radical (unpaired) electrons. The maximum atomic E-state index is 13.0. The van der Waals surface area contributed by atoms with E-state index in [0.717, 1.165) is 17.7 Å². The first-order chi connectivity index (χ1) is 12.8. The Bertz CT molecular complexity index is 840. The molecular weight excluding hydrogens is 371 g/mol. The first-order valence-electron chi connectivity index (χ1n) is 8.82. The number of alkyl halides is 3. The van der Waals surface area contributed by atoms with E-state index in [-0.39, 0.29) is 23.7 Å². The summed E-state index contributed by atoms with van der Waals surface area (Å²) in [4.78, 5) is 18.8. The van der Waals surface area contributed by atoms with Crippen LogP contribution in [0.1, 0.15) is 45.9 Å². The van der Waals surface area contributed by atoms with E-state index in [1.54, 1.807) is 29.3 Å². The zero-order valence-electron chi connectivity index (χ0n) is 15.9. The fourth-order valence-electron chi connectivity index (χ4n) is 3.49. The van der Waals surface area contributed by atoms with Crippen molar-refractivity contribution in [1.82, 2.24) is 16.0 Å². The summed E-state index contributed by atoms with van der Waals surface area (Å²) >= 11 is 0. The number of aromatic nitrogens is 1. The fraction of sp³-hybridized carbons (Fsp3) is 0.400. The third-order valence-corrected chi connectivity index (χ3v) is 4.98. The van der Waals surface area contributed by atoms with E-state index in [2.05, 4.69) is 9.72 Å². The van der Waals surface area contributed by atoms with Gasteiger partial charge in [0.25, 0.3) is 5.91 Å². The predicted molar refractivity (Wildman–Crippen MR) is 99.7 cm³/mol. The summed E-state index contributed by atoms with van der Waals surface area (Å²) in [5.74, 6) is -0.512. The molecule has 0 bridgehead atoms. The predicted octanol–water partition coefficient (Wildman–Crippen LogP) is 4.78. The van der Waals surface area contributed by atoms with E-state index in [4.69, 9.17) is 0 Å². The van der Waals surface area contributed by atoms with Crippen LogP contribution in [0, 0.1) is 13.8 Å². The van der Waals surface area contributed by atoms with Gasteiger partial charge in [-0.3, -0.25) is 9.78 Å². The van der Waals surface area contributed by atoms with Crippen LogP contribution in [-0.2, 0) is 0 Å². The second-order valence-corrected chi connectivity index (χ2v) is 6.74. The molecule has 8 heteroatoms. The van der Waals surface area contributed by atoms with Gasteiger partial charge in [-0.2, -0.15) is 0 Å². The van der Waals surface area contributed by atoms with Crippen LogP contribution in [-0.4, -0.2) is 35.2 Å². The van der Waals surface area contributed by atoms with Gasteiger partial charge in [-0.25, -0.2) is 0 Å². The molecule has 2 heterocycles. The number of halogens is 3. The number of pyridine rings is 1. The van der Waals surface area contributed by atoms with E-state index in [1.165, 1.54) is 12.1 Å². The van der Waals surface area contributed by atoms with Gasteiger partial charge in [0.15, 0.2) is 0 Å². The minimum atomic E-state index is -4.74. The van der Waals surface area contributed by atoms with Crippen molar-refractivity contribution >= 4 is 5.91 Å². The number of carbonyl (C=O) groups excluding carboxylic acids is 1. The van der Waals surface area contributed by atoms with E-state index in [1.807, 2.05) is 13.8 Å². The highest BCUT2D eigenvalue weighted by Crippen LogP contribution is 2.36. The zero-order chi connectivity index (χ0) is 19.6. The Hall–Kier alpha value is -2.61. The number of ether oxygens (including phenoxy) is 1. The van der Waals surface area contributed by atoms with E-state index in [0.29, 0.717) is 30.6 Å². The molecule has 1 aliphatic heterocycles. The molecule has 1 fully saturated rings. The zero-order valence-corrected chi connectivity index (χ0v) is 15.9. The largest absolute Gasteiger partial charge is 0.573 e. The van der Waals surface area contributed by atoms with E-state index >= 15 is 0 Å². The molecule has 0 saturated carbocycles. The van der Waals surface area contributed by atoms with Crippen LogP contribution in [0.15, 0.2) is 36.5 Å². The highest BCUT2D eigenvalue weighted by molar-refractivity contribution is 5.95. The smallest absolute Gasteiger partial charge is 0.405 e. The van der Waals surface area contributed by atoms with Crippen LogP contribution in [0.25, 0.3) is 0 Å². The van der Waals surface area contributed by atoms with E-state index in [9.17, 15) is 18.0 Å². The summed E-state index contributed by atoms with van der Waals surface area (Å²) in [5, 5.41) is 0. The summed E-state index contributed by atoms with van der Waals surface area (Å²) < 4.78 is 42.3. The number of hydrogen-bond donors (Lipinski definition) is 1.